The highest BCUT2D eigenvalue weighted by molar-refractivity contribution is 7.91. The molecule has 0 bridgehead atoms. The van der Waals surface area contributed by atoms with Crippen LogP contribution in [0, 0.1) is 23.3 Å². The number of benzene rings is 4. The van der Waals surface area contributed by atoms with Gasteiger partial charge in [-0.2, -0.15) is 0 Å². The fraction of sp³-hybridized carbons (Fsp3) is 0.314. The monoisotopic (exact) mass is 694 g/mol. The van der Waals surface area contributed by atoms with Gasteiger partial charge in [0.1, 0.15) is 23.3 Å². The predicted octanol–water partition coefficient (Wildman–Crippen LogP) is 7.53. The van der Waals surface area contributed by atoms with E-state index < -0.39 is 42.9 Å². The average Bonchev–Trinajstić information content (AvgIpc) is 3.03. The van der Waals surface area contributed by atoms with Gasteiger partial charge in [0, 0.05) is 36.5 Å². The molecule has 2 N–H and O–H groups in total. The van der Waals surface area contributed by atoms with Crippen LogP contribution in [0.5, 0.6) is 0 Å². The van der Waals surface area contributed by atoms with Crippen molar-refractivity contribution < 1.29 is 44.6 Å². The summed E-state index contributed by atoms with van der Waals surface area (Å²) in [6, 6.07) is 18.4. The van der Waals surface area contributed by atoms with Crippen LogP contribution in [0.4, 0.5) is 17.6 Å². The molecule has 0 fully saturated rings. The lowest BCUT2D eigenvalue weighted by Gasteiger charge is -2.07. The van der Waals surface area contributed by atoms with Crippen molar-refractivity contribution >= 4 is 19.7 Å². The van der Waals surface area contributed by atoms with Crippen molar-refractivity contribution in [3.8, 4) is 22.3 Å². The number of aliphatic hydroxyl groups excluding tert-OH is 2. The number of halogens is 4. The highest BCUT2D eigenvalue weighted by Gasteiger charge is 2.16. The van der Waals surface area contributed by atoms with Crippen molar-refractivity contribution in [2.24, 2.45) is 0 Å². The lowest BCUT2D eigenvalue weighted by atomic mass is 10.1. The van der Waals surface area contributed by atoms with Crippen molar-refractivity contribution in [1.29, 1.82) is 0 Å². The zero-order valence-corrected chi connectivity index (χ0v) is 27.3. The minimum absolute atomic E-state index is 0.0112. The van der Waals surface area contributed by atoms with Crippen molar-refractivity contribution in [2.75, 3.05) is 24.7 Å². The molecule has 254 valence electrons. The molecular weight excluding hydrogens is 657 g/mol. The van der Waals surface area contributed by atoms with Crippen LogP contribution >= 0.6 is 0 Å². The van der Waals surface area contributed by atoms with Gasteiger partial charge in [-0.25, -0.2) is 34.4 Å². The van der Waals surface area contributed by atoms with Crippen LogP contribution in [0.3, 0.4) is 0 Å². The van der Waals surface area contributed by atoms with Crippen molar-refractivity contribution in [3.63, 3.8) is 0 Å². The number of hydrogen-bond donors (Lipinski definition) is 2. The summed E-state index contributed by atoms with van der Waals surface area (Å²) < 4.78 is 102. The van der Waals surface area contributed by atoms with Gasteiger partial charge in [-0.15, -0.1) is 0 Å². The van der Waals surface area contributed by atoms with Gasteiger partial charge in [0.2, 0.25) is 0 Å². The molecule has 4 rings (SSSR count). The van der Waals surface area contributed by atoms with E-state index in [2.05, 4.69) is 0 Å². The summed E-state index contributed by atoms with van der Waals surface area (Å²) in [5.74, 6) is -2.64. The van der Waals surface area contributed by atoms with Crippen LogP contribution in [-0.4, -0.2) is 51.8 Å². The minimum Gasteiger partial charge on any atom is -0.396 e. The van der Waals surface area contributed by atoms with E-state index in [1.807, 2.05) is 0 Å². The van der Waals surface area contributed by atoms with Crippen LogP contribution < -0.4 is 0 Å². The van der Waals surface area contributed by atoms with Gasteiger partial charge in [-0.05, 0) is 85.3 Å². The first-order chi connectivity index (χ1) is 22.4. The normalized spacial score (nSPS) is 11.6. The first-order valence-corrected chi connectivity index (χ1v) is 18.5. The van der Waals surface area contributed by atoms with E-state index in [0.717, 1.165) is 37.1 Å². The highest BCUT2D eigenvalue weighted by atomic mass is 32.2. The molecule has 0 aliphatic carbocycles. The Morgan fingerprint density at radius 2 is 0.787 bits per heavy atom. The lowest BCUT2D eigenvalue weighted by molar-refractivity contribution is 0.283. The third-order valence-corrected chi connectivity index (χ3v) is 10.9. The lowest BCUT2D eigenvalue weighted by Crippen LogP contribution is -2.07. The molecule has 0 atom stereocenters. The molecule has 0 aliphatic rings. The summed E-state index contributed by atoms with van der Waals surface area (Å²) in [4.78, 5) is 0.365. The summed E-state index contributed by atoms with van der Waals surface area (Å²) in [5, 5.41) is 17.4. The predicted molar refractivity (Wildman–Crippen MR) is 174 cm³/mol. The molecule has 0 saturated carbocycles. The molecule has 0 unspecified atom stereocenters. The first kappa shape index (κ1) is 37.9. The summed E-state index contributed by atoms with van der Waals surface area (Å²) in [7, 11) is -6.77. The Bertz CT molecular complexity index is 1800. The number of rotatable bonds is 15. The second kappa shape index (κ2) is 18.1. The quantitative estimate of drug-likeness (QED) is 0.0985. The van der Waals surface area contributed by atoms with Crippen LogP contribution in [-0.2, 0) is 19.7 Å². The van der Waals surface area contributed by atoms with Gasteiger partial charge < -0.3 is 10.2 Å². The van der Waals surface area contributed by atoms with Gasteiger partial charge in [0.05, 0.1) is 21.3 Å². The molecule has 12 heteroatoms. The zero-order chi connectivity index (χ0) is 34.5. The van der Waals surface area contributed by atoms with Crippen molar-refractivity contribution in [2.45, 2.75) is 54.7 Å². The third kappa shape index (κ3) is 11.6. The van der Waals surface area contributed by atoms with Gasteiger partial charge in [-0.3, -0.25) is 0 Å². The molecular formula is C35H38F4O6S2. The van der Waals surface area contributed by atoms with Gasteiger partial charge in [0.25, 0.3) is 0 Å². The van der Waals surface area contributed by atoms with E-state index in [9.17, 15) is 34.4 Å². The SMILES string of the molecule is O=S(=O)(CCCCCCO)c1ccc(-c2ccc(F)cc2F)cc1.O=S(=O)(CCCCCO)c1ccc(-c2ccc(F)cc2F)cc1. The molecule has 0 heterocycles. The topological polar surface area (TPSA) is 109 Å². The van der Waals surface area contributed by atoms with E-state index in [-0.39, 0.29) is 45.6 Å². The van der Waals surface area contributed by atoms with E-state index >= 15 is 0 Å². The molecule has 0 aliphatic heterocycles. The Kier molecular flexibility index (Phi) is 14.6. The zero-order valence-electron chi connectivity index (χ0n) is 25.7. The molecule has 0 amide bonds. The Labute approximate surface area is 273 Å². The van der Waals surface area contributed by atoms with Crippen LogP contribution in [0.2, 0.25) is 0 Å². The standard InChI is InChI=1S/C18H20F2O3S.C17H18F2O3S/c19-15-7-10-17(18(20)13-15)14-5-8-16(9-6-14)24(22,23)12-4-2-1-3-11-21;18-14-6-9-16(17(19)12-14)13-4-7-15(8-5-13)23(21,22)11-3-1-2-10-20/h5-10,13,21H,1-4,11-12H2;4-9,12,20H,1-3,10-11H2. The Hall–Kier alpha value is -3.58. The number of sulfone groups is 2. The molecule has 0 spiro atoms. The Balaban J connectivity index is 0.000000256. The summed E-state index contributed by atoms with van der Waals surface area (Å²) in [6.45, 7) is 0.173. The summed E-state index contributed by atoms with van der Waals surface area (Å²) >= 11 is 0. The number of hydrogen-bond acceptors (Lipinski definition) is 6. The van der Waals surface area contributed by atoms with Gasteiger partial charge in [0.15, 0.2) is 19.7 Å². The largest absolute Gasteiger partial charge is 0.396 e. The van der Waals surface area contributed by atoms with Crippen LogP contribution in [0.25, 0.3) is 22.3 Å². The molecule has 0 radical (unpaired) electrons. The number of aliphatic hydroxyl groups is 2. The van der Waals surface area contributed by atoms with Gasteiger partial charge >= 0.3 is 0 Å². The summed E-state index contributed by atoms with van der Waals surface area (Å²) in [6.07, 6.45) is 4.48. The second-order valence-electron chi connectivity index (χ2n) is 10.9. The van der Waals surface area contributed by atoms with Crippen LogP contribution in [0.1, 0.15) is 44.9 Å². The van der Waals surface area contributed by atoms with Crippen molar-refractivity contribution in [1.82, 2.24) is 0 Å². The summed E-state index contributed by atoms with van der Waals surface area (Å²) in [5.41, 5.74) is 1.43. The molecule has 0 aromatic heterocycles. The van der Waals surface area contributed by atoms with E-state index in [4.69, 9.17) is 10.2 Å². The maximum atomic E-state index is 13.8. The van der Waals surface area contributed by atoms with Crippen LogP contribution in [0.15, 0.2) is 94.7 Å². The second-order valence-corrected chi connectivity index (χ2v) is 15.1. The number of unbranched alkanes of at least 4 members (excludes halogenated alkanes) is 5. The van der Waals surface area contributed by atoms with E-state index in [1.54, 1.807) is 0 Å². The fourth-order valence-electron chi connectivity index (χ4n) is 4.70. The molecule has 47 heavy (non-hydrogen) atoms. The molecule has 6 nitrogen and oxygen atoms in total. The van der Waals surface area contributed by atoms with E-state index in [0.29, 0.717) is 43.2 Å². The Morgan fingerprint density at radius 3 is 1.13 bits per heavy atom. The van der Waals surface area contributed by atoms with E-state index in [1.165, 1.54) is 60.7 Å². The highest BCUT2D eigenvalue weighted by Crippen LogP contribution is 2.27. The molecule has 4 aromatic rings. The Morgan fingerprint density at radius 1 is 0.447 bits per heavy atom. The minimum atomic E-state index is -3.39. The molecule has 4 aromatic carbocycles. The smallest absolute Gasteiger partial charge is 0.178 e. The average molecular weight is 695 g/mol. The third-order valence-electron chi connectivity index (χ3n) is 7.30. The maximum Gasteiger partial charge on any atom is 0.178 e. The molecule has 0 saturated heterocycles. The van der Waals surface area contributed by atoms with Gasteiger partial charge in [-0.1, -0.05) is 43.5 Å². The fourth-order valence-corrected chi connectivity index (χ4v) is 7.45. The first-order valence-electron chi connectivity index (χ1n) is 15.2. The maximum absolute atomic E-state index is 13.8. The van der Waals surface area contributed by atoms with Crippen molar-refractivity contribution in [3.05, 3.63) is 108 Å².